The van der Waals surface area contributed by atoms with Crippen LogP contribution in [-0.4, -0.2) is 132 Å². The van der Waals surface area contributed by atoms with Gasteiger partial charge in [0.25, 0.3) is 11.7 Å². The minimum absolute atomic E-state index is 0.0379. The molecule has 0 aromatic rings. The molecule has 2 amide bonds. The summed E-state index contributed by atoms with van der Waals surface area (Å²) in [5, 5.41) is 27.1. The Kier molecular flexibility index (Phi) is 18.3. The molecule has 0 aromatic heterocycles. The maximum Gasteiger partial charge on any atom is 0.329 e. The zero-order chi connectivity index (χ0) is 47.2. The van der Waals surface area contributed by atoms with Crippen molar-refractivity contribution in [3.63, 3.8) is 0 Å². The number of esters is 1. The Bertz CT molecular complexity index is 1720. The number of ether oxygens (including phenoxy) is 5. The van der Waals surface area contributed by atoms with E-state index in [9.17, 15) is 34.2 Å². The number of rotatable bonds is 9. The summed E-state index contributed by atoms with van der Waals surface area (Å²) in [7, 11) is 2.88. The van der Waals surface area contributed by atoms with Gasteiger partial charge in [0, 0.05) is 50.9 Å². The molecule has 2 aliphatic carbocycles. The van der Waals surface area contributed by atoms with Crippen LogP contribution in [0.5, 0.6) is 0 Å². The van der Waals surface area contributed by atoms with Gasteiger partial charge in [-0.2, -0.15) is 0 Å². The second-order valence-electron chi connectivity index (χ2n) is 19.9. The number of nitrogens with zero attached hydrogens (tertiary/aromatic N) is 1. The molecule has 64 heavy (non-hydrogen) atoms. The summed E-state index contributed by atoms with van der Waals surface area (Å²) in [6, 6.07) is -1.34. The summed E-state index contributed by atoms with van der Waals surface area (Å²) in [6.07, 6.45) is 2.13. The number of fused-ring (bicyclic) bond motifs is 3. The van der Waals surface area contributed by atoms with Crippen molar-refractivity contribution < 1.29 is 62.3 Å². The lowest BCUT2D eigenvalue weighted by Crippen LogP contribution is -2.64. The second kappa shape index (κ2) is 22.6. The highest BCUT2D eigenvalue weighted by molar-refractivity contribution is 6.39. The number of halogens is 1. The molecule has 2 saturated carbocycles. The third-order valence-electron chi connectivity index (χ3n) is 14.6. The van der Waals surface area contributed by atoms with Gasteiger partial charge >= 0.3 is 5.97 Å². The number of methoxy groups -OCH3 is 2. The first-order chi connectivity index (χ1) is 30.2. The second-order valence-corrected chi connectivity index (χ2v) is 19.9. The summed E-state index contributed by atoms with van der Waals surface area (Å²) in [6.45, 7) is 14.2. The van der Waals surface area contributed by atoms with Crippen molar-refractivity contribution >= 4 is 29.4 Å². The summed E-state index contributed by atoms with van der Waals surface area (Å²) < 4.78 is 46.8. The van der Waals surface area contributed by atoms with Gasteiger partial charge < -0.3 is 44.1 Å². The maximum atomic E-state index is 16.3. The fraction of sp³-hybridized carbons (Fsp3) is 0.816. The van der Waals surface area contributed by atoms with Gasteiger partial charge in [-0.25, -0.2) is 9.18 Å². The summed E-state index contributed by atoms with van der Waals surface area (Å²) in [5.41, 5.74) is 0.963. The summed E-state index contributed by atoms with van der Waals surface area (Å²) in [5.74, 6) is -9.03. The highest BCUT2D eigenvalue weighted by atomic mass is 19.1. The number of Topliss-reactive ketones (excluding diaryl/α,β-unsaturated/α-hetero) is 2. The van der Waals surface area contributed by atoms with Crippen LogP contribution in [-0.2, 0) is 47.7 Å². The van der Waals surface area contributed by atoms with Gasteiger partial charge in [0.1, 0.15) is 30.2 Å². The average molecular weight is 905 g/mol. The quantitative estimate of drug-likeness (QED) is 0.145. The van der Waals surface area contributed by atoms with Crippen LogP contribution in [0.1, 0.15) is 132 Å². The number of hydrogen-bond donors (Lipinski definition) is 3. The van der Waals surface area contributed by atoms with E-state index in [1.165, 1.54) is 14.2 Å². The number of allylic oxidation sites excluding steroid dienone is 3. The van der Waals surface area contributed by atoms with Crippen molar-refractivity contribution in [2.45, 2.75) is 199 Å². The molecule has 2 saturated heterocycles. The van der Waals surface area contributed by atoms with Crippen molar-refractivity contribution in [1.82, 2.24) is 10.2 Å². The van der Waals surface area contributed by atoms with Crippen molar-refractivity contribution in [1.29, 1.82) is 0 Å². The first-order valence-corrected chi connectivity index (χ1v) is 23.9. The topological polar surface area (TPSA) is 187 Å². The smallest absolute Gasteiger partial charge is 0.329 e. The Balaban J connectivity index is 1.51. The van der Waals surface area contributed by atoms with E-state index in [4.69, 9.17) is 23.7 Å². The van der Waals surface area contributed by atoms with Gasteiger partial charge in [0.05, 0.1) is 36.6 Å². The molecule has 0 spiro atoms. The lowest BCUT2D eigenvalue weighted by Gasteiger charge is -2.47. The summed E-state index contributed by atoms with van der Waals surface area (Å²) >= 11 is 0. The number of amides is 2. The molecular formula is C49H77FN2O12. The van der Waals surface area contributed by atoms with E-state index in [1.807, 2.05) is 33.8 Å². The third-order valence-corrected chi connectivity index (χ3v) is 14.6. The molecule has 362 valence electrons. The van der Waals surface area contributed by atoms with Gasteiger partial charge in [-0.15, -0.1) is 0 Å². The fourth-order valence-electron chi connectivity index (χ4n) is 10.4. The Labute approximate surface area is 379 Å². The van der Waals surface area contributed by atoms with Crippen molar-refractivity contribution in [2.24, 2.45) is 35.5 Å². The van der Waals surface area contributed by atoms with Crippen LogP contribution in [0.3, 0.4) is 0 Å². The van der Waals surface area contributed by atoms with Gasteiger partial charge in [-0.3, -0.25) is 19.2 Å². The molecule has 14 nitrogen and oxygen atoms in total. The highest BCUT2D eigenvalue weighted by Gasteiger charge is 2.57. The van der Waals surface area contributed by atoms with Gasteiger partial charge in [0.2, 0.25) is 11.7 Å². The molecule has 15 unspecified atom stereocenters. The number of hydrogen-bond acceptors (Lipinski definition) is 12. The SMILES string of the molecule is CCC1/C=C(\C)C(F)C(C)CC(OC)C2OC(O)(C(=O)C(=O)N3CCCCC3C(=O)OC(C(C)=CC3CCC(NC(=O)C4CC4)C(OC(C)C)C3)C(C)C(O)CC1=O)C(C)CC2OC. The van der Waals surface area contributed by atoms with Crippen molar-refractivity contribution in [3.8, 4) is 0 Å². The monoisotopic (exact) mass is 905 g/mol. The number of alkyl halides is 1. The van der Waals surface area contributed by atoms with Crippen LogP contribution in [0.4, 0.5) is 4.39 Å². The van der Waals surface area contributed by atoms with Crippen LogP contribution in [0.25, 0.3) is 0 Å². The first-order valence-electron chi connectivity index (χ1n) is 23.9. The first kappa shape index (κ1) is 51.9. The molecule has 5 rings (SSSR count). The molecule has 15 heteroatoms. The maximum absolute atomic E-state index is 16.3. The Morgan fingerprint density at radius 2 is 1.67 bits per heavy atom. The minimum atomic E-state index is -2.61. The number of nitrogens with one attached hydrogen (secondary N) is 1. The number of piperidine rings is 1. The van der Waals surface area contributed by atoms with E-state index in [0.29, 0.717) is 49.7 Å². The van der Waals surface area contributed by atoms with Gasteiger partial charge in [0.15, 0.2) is 0 Å². The minimum Gasteiger partial charge on any atom is -0.456 e. The standard InChI is InChI=1S/C49H77FN2O12/c1-11-33-21-27(4)42(50)28(5)22-40(60-9)44-41(61-10)23-30(7)49(59,64-44)45(55)47(57)52-19-13-12-14-36(52)48(58)63-43(31(8)37(53)25-38(33)54)29(6)20-32-15-18-35(39(24-32)62-26(2)3)51-46(56)34-16-17-34/h20-21,26,28,30-37,39-44,53,59H,11-19,22-25H2,1-10H3,(H,51,56)/b27-21+,29-20?. The molecule has 3 N–H and O–H groups in total. The van der Waals surface area contributed by atoms with Crippen LogP contribution in [0.2, 0.25) is 0 Å². The van der Waals surface area contributed by atoms with Gasteiger partial charge in [-0.1, -0.05) is 39.8 Å². The van der Waals surface area contributed by atoms with Crippen molar-refractivity contribution in [2.75, 3.05) is 20.8 Å². The number of cyclic esters (lactones) is 1. The van der Waals surface area contributed by atoms with Crippen molar-refractivity contribution in [3.05, 3.63) is 23.3 Å². The largest absolute Gasteiger partial charge is 0.456 e. The van der Waals surface area contributed by atoms with Crippen LogP contribution in [0, 0.1) is 35.5 Å². The van der Waals surface area contributed by atoms with E-state index < -0.39 is 89.9 Å². The van der Waals surface area contributed by atoms with E-state index in [-0.39, 0.29) is 74.0 Å². The third kappa shape index (κ3) is 12.3. The number of ketones is 2. The number of aliphatic hydroxyl groups excluding tert-OH is 1. The van der Waals surface area contributed by atoms with Gasteiger partial charge in [-0.05, 0) is 121 Å². The van der Waals surface area contributed by atoms with E-state index in [0.717, 1.165) is 17.7 Å². The molecule has 15 atom stereocenters. The van der Waals surface area contributed by atoms with E-state index >= 15 is 4.39 Å². The van der Waals surface area contributed by atoms with Crippen LogP contribution >= 0.6 is 0 Å². The predicted octanol–water partition coefficient (Wildman–Crippen LogP) is 5.73. The number of aliphatic hydroxyl groups is 2. The highest BCUT2D eigenvalue weighted by Crippen LogP contribution is 2.40. The molecule has 0 aromatic carbocycles. The molecule has 5 aliphatic rings. The Morgan fingerprint density at radius 3 is 2.30 bits per heavy atom. The zero-order valence-electron chi connectivity index (χ0n) is 39.9. The Hall–Kier alpha value is -3.08. The number of carbonyl (C=O) groups excluding carboxylic acids is 5. The molecule has 0 radical (unpaired) electrons. The molecule has 3 heterocycles. The fourth-order valence-corrected chi connectivity index (χ4v) is 10.4. The number of carbonyl (C=O) groups is 5. The van der Waals surface area contributed by atoms with E-state index in [1.54, 1.807) is 33.8 Å². The summed E-state index contributed by atoms with van der Waals surface area (Å²) in [4.78, 5) is 71.0. The predicted molar refractivity (Wildman–Crippen MR) is 236 cm³/mol. The lowest BCUT2D eigenvalue weighted by atomic mass is 9.80. The average Bonchev–Trinajstić information content (AvgIpc) is 4.12. The zero-order valence-corrected chi connectivity index (χ0v) is 39.9. The molecule has 2 bridgehead atoms. The van der Waals surface area contributed by atoms with Crippen LogP contribution < -0.4 is 5.32 Å². The van der Waals surface area contributed by atoms with E-state index in [2.05, 4.69) is 5.32 Å². The lowest BCUT2D eigenvalue weighted by molar-refractivity contribution is -0.302. The normalized spacial score (nSPS) is 40.2. The molecule has 3 aliphatic heterocycles. The Morgan fingerprint density at radius 1 is 1.00 bits per heavy atom. The molecule has 4 fully saturated rings. The molecular weight excluding hydrogens is 828 g/mol. The van der Waals surface area contributed by atoms with Crippen LogP contribution in [0.15, 0.2) is 23.3 Å².